The topological polar surface area (TPSA) is 34.5 Å². The van der Waals surface area contributed by atoms with E-state index in [1.54, 1.807) is 0 Å². The van der Waals surface area contributed by atoms with E-state index in [2.05, 4.69) is 71.1 Å². The maximum absolute atomic E-state index is 11.9. The van der Waals surface area contributed by atoms with E-state index >= 15 is 0 Å². The Kier molecular flexibility index (Phi) is 6.44. The molecular weight excluding hydrogens is 336 g/mol. The van der Waals surface area contributed by atoms with E-state index in [1.165, 1.54) is 29.5 Å². The summed E-state index contributed by atoms with van der Waals surface area (Å²) in [7, 11) is 1.43. The molecule has 0 aliphatic carbocycles. The zero-order valence-electron chi connectivity index (χ0n) is 16.0. The van der Waals surface area contributed by atoms with Crippen LogP contribution in [0, 0.1) is 6.92 Å². The minimum Gasteiger partial charge on any atom is -0.468 e. The predicted molar refractivity (Wildman–Crippen MR) is 107 cm³/mol. The molecule has 4 nitrogen and oxygen atoms in total. The van der Waals surface area contributed by atoms with Crippen LogP contribution < -0.4 is 0 Å². The Balaban J connectivity index is 1.76. The van der Waals surface area contributed by atoms with Gasteiger partial charge in [-0.1, -0.05) is 54.6 Å². The van der Waals surface area contributed by atoms with Crippen LogP contribution in [0.15, 0.2) is 72.9 Å². The van der Waals surface area contributed by atoms with Gasteiger partial charge in [0.15, 0.2) is 0 Å². The van der Waals surface area contributed by atoms with E-state index < -0.39 is 0 Å². The van der Waals surface area contributed by atoms with Gasteiger partial charge < -0.3 is 9.30 Å². The van der Waals surface area contributed by atoms with E-state index in [0.29, 0.717) is 13.1 Å². The lowest BCUT2D eigenvalue weighted by Gasteiger charge is -2.22. The fraction of sp³-hybridized carbons (Fsp3) is 0.261. The smallest absolute Gasteiger partial charge is 0.319 e. The minimum atomic E-state index is -0.219. The van der Waals surface area contributed by atoms with Gasteiger partial charge in [0.1, 0.15) is 0 Å². The molecule has 3 rings (SSSR count). The lowest BCUT2D eigenvalue weighted by molar-refractivity contribution is -0.142. The molecular formula is C23H26N2O2. The SMILES string of the molecule is COC(=O)CN(Cc1ccccc1)Cc1cccn1Cc1ccccc1C. The predicted octanol–water partition coefficient (Wildman–Crippen LogP) is 4.02. The van der Waals surface area contributed by atoms with Crippen molar-refractivity contribution in [3.05, 3.63) is 95.3 Å². The third kappa shape index (κ3) is 5.31. The number of ether oxygens (including phenoxy) is 1. The molecule has 0 bridgehead atoms. The highest BCUT2D eigenvalue weighted by Gasteiger charge is 2.14. The summed E-state index contributed by atoms with van der Waals surface area (Å²) in [5.41, 5.74) is 4.95. The molecule has 0 fully saturated rings. The molecule has 27 heavy (non-hydrogen) atoms. The van der Waals surface area contributed by atoms with Gasteiger partial charge in [-0.05, 0) is 35.7 Å². The second-order valence-electron chi connectivity index (χ2n) is 6.76. The number of esters is 1. The van der Waals surface area contributed by atoms with Gasteiger partial charge in [0.2, 0.25) is 0 Å². The monoisotopic (exact) mass is 362 g/mol. The first kappa shape index (κ1) is 18.9. The molecule has 0 N–H and O–H groups in total. The van der Waals surface area contributed by atoms with Crippen LogP contribution in [0.1, 0.15) is 22.4 Å². The van der Waals surface area contributed by atoms with E-state index in [9.17, 15) is 4.79 Å². The number of carbonyl (C=O) groups excluding carboxylic acids is 1. The Bertz CT molecular complexity index is 871. The molecule has 140 valence electrons. The molecule has 0 radical (unpaired) electrons. The molecule has 1 heterocycles. The number of nitrogens with zero attached hydrogens (tertiary/aromatic N) is 2. The fourth-order valence-corrected chi connectivity index (χ4v) is 3.20. The largest absolute Gasteiger partial charge is 0.468 e. The number of hydrogen-bond donors (Lipinski definition) is 0. The van der Waals surface area contributed by atoms with Crippen molar-refractivity contribution in [3.8, 4) is 0 Å². The standard InChI is InChI=1S/C23H26N2O2/c1-19-9-6-7-12-21(19)16-25-14-8-13-22(25)17-24(18-23(26)27-2)15-20-10-4-3-5-11-20/h3-14H,15-18H2,1-2H3. The van der Waals surface area contributed by atoms with Crippen LogP contribution >= 0.6 is 0 Å². The van der Waals surface area contributed by atoms with Crippen LogP contribution in [0.4, 0.5) is 0 Å². The number of aryl methyl sites for hydroxylation is 1. The molecule has 0 atom stereocenters. The minimum absolute atomic E-state index is 0.219. The molecule has 0 saturated carbocycles. The second-order valence-corrected chi connectivity index (χ2v) is 6.76. The highest BCUT2D eigenvalue weighted by molar-refractivity contribution is 5.71. The Morgan fingerprint density at radius 1 is 0.963 bits per heavy atom. The normalized spacial score (nSPS) is 10.9. The molecule has 0 aliphatic rings. The van der Waals surface area contributed by atoms with Gasteiger partial charge in [-0.2, -0.15) is 0 Å². The summed E-state index contributed by atoms with van der Waals surface area (Å²) in [4.78, 5) is 14.0. The Hall–Kier alpha value is -2.85. The average molecular weight is 362 g/mol. The number of rotatable bonds is 8. The van der Waals surface area contributed by atoms with Crippen molar-refractivity contribution >= 4 is 5.97 Å². The van der Waals surface area contributed by atoms with Crippen LogP contribution in [0.2, 0.25) is 0 Å². The first-order valence-electron chi connectivity index (χ1n) is 9.17. The van der Waals surface area contributed by atoms with E-state index in [-0.39, 0.29) is 12.5 Å². The molecule has 0 aliphatic heterocycles. The quantitative estimate of drug-likeness (QED) is 0.568. The molecule has 0 saturated heterocycles. The van der Waals surface area contributed by atoms with Gasteiger partial charge >= 0.3 is 5.97 Å². The summed E-state index contributed by atoms with van der Waals surface area (Å²) < 4.78 is 7.14. The van der Waals surface area contributed by atoms with Gasteiger partial charge in [-0.3, -0.25) is 9.69 Å². The summed E-state index contributed by atoms with van der Waals surface area (Å²) in [5, 5.41) is 0. The zero-order valence-corrected chi connectivity index (χ0v) is 16.0. The molecule has 3 aromatic rings. The van der Waals surface area contributed by atoms with Gasteiger partial charge in [-0.25, -0.2) is 0 Å². The highest BCUT2D eigenvalue weighted by atomic mass is 16.5. The number of hydrogen-bond acceptors (Lipinski definition) is 3. The number of methoxy groups -OCH3 is 1. The molecule has 0 unspecified atom stereocenters. The van der Waals surface area contributed by atoms with Crippen molar-refractivity contribution in [3.63, 3.8) is 0 Å². The molecule has 1 aromatic heterocycles. The number of carbonyl (C=O) groups is 1. The summed E-state index contributed by atoms with van der Waals surface area (Å²) in [6, 6.07) is 22.8. The van der Waals surface area contributed by atoms with Gasteiger partial charge in [0.05, 0.1) is 13.7 Å². The van der Waals surface area contributed by atoms with Gasteiger partial charge in [-0.15, -0.1) is 0 Å². The van der Waals surface area contributed by atoms with E-state index in [4.69, 9.17) is 4.74 Å². The van der Waals surface area contributed by atoms with Crippen LogP contribution in [-0.2, 0) is 29.2 Å². The van der Waals surface area contributed by atoms with Crippen LogP contribution in [-0.4, -0.2) is 29.1 Å². The molecule has 2 aromatic carbocycles. The van der Waals surface area contributed by atoms with Crippen molar-refractivity contribution < 1.29 is 9.53 Å². The first-order chi connectivity index (χ1) is 13.2. The fourth-order valence-electron chi connectivity index (χ4n) is 3.20. The lowest BCUT2D eigenvalue weighted by Crippen LogP contribution is -2.30. The summed E-state index contributed by atoms with van der Waals surface area (Å²) in [6.07, 6.45) is 2.10. The molecule has 4 heteroatoms. The zero-order chi connectivity index (χ0) is 19.1. The third-order valence-corrected chi connectivity index (χ3v) is 4.74. The van der Waals surface area contributed by atoms with Crippen molar-refractivity contribution in [2.24, 2.45) is 0 Å². The van der Waals surface area contributed by atoms with Crippen molar-refractivity contribution in [1.82, 2.24) is 9.47 Å². The first-order valence-corrected chi connectivity index (χ1v) is 9.17. The summed E-state index contributed by atoms with van der Waals surface area (Å²) in [6.45, 7) is 4.61. The Morgan fingerprint density at radius 2 is 1.70 bits per heavy atom. The Morgan fingerprint density at radius 3 is 2.44 bits per heavy atom. The van der Waals surface area contributed by atoms with Crippen LogP contribution in [0.3, 0.4) is 0 Å². The van der Waals surface area contributed by atoms with E-state index in [1.807, 2.05) is 18.2 Å². The van der Waals surface area contributed by atoms with Crippen molar-refractivity contribution in [1.29, 1.82) is 0 Å². The van der Waals surface area contributed by atoms with Crippen molar-refractivity contribution in [2.75, 3.05) is 13.7 Å². The van der Waals surface area contributed by atoms with E-state index in [0.717, 1.165) is 6.54 Å². The Labute approximate surface area is 161 Å². The number of benzene rings is 2. The lowest BCUT2D eigenvalue weighted by atomic mass is 10.1. The average Bonchev–Trinajstić information content (AvgIpc) is 3.11. The van der Waals surface area contributed by atoms with Crippen molar-refractivity contribution in [2.45, 2.75) is 26.6 Å². The van der Waals surface area contributed by atoms with Gasteiger partial charge in [0.25, 0.3) is 0 Å². The maximum Gasteiger partial charge on any atom is 0.319 e. The summed E-state index contributed by atoms with van der Waals surface area (Å²) in [5.74, 6) is -0.219. The van der Waals surface area contributed by atoms with Crippen LogP contribution in [0.25, 0.3) is 0 Å². The second kappa shape index (κ2) is 9.19. The number of aromatic nitrogens is 1. The molecule has 0 amide bonds. The maximum atomic E-state index is 11.9. The van der Waals surface area contributed by atoms with Gasteiger partial charge in [0, 0.05) is 31.5 Å². The highest BCUT2D eigenvalue weighted by Crippen LogP contribution is 2.15. The van der Waals surface area contributed by atoms with Crippen LogP contribution in [0.5, 0.6) is 0 Å². The summed E-state index contributed by atoms with van der Waals surface area (Å²) >= 11 is 0. The third-order valence-electron chi connectivity index (χ3n) is 4.74. The molecule has 0 spiro atoms.